The molecule has 1 heterocycles. The van der Waals surface area contributed by atoms with E-state index in [2.05, 4.69) is 20.8 Å². The molecule has 0 spiro atoms. The van der Waals surface area contributed by atoms with Crippen LogP contribution in [0.4, 0.5) is 0 Å². The van der Waals surface area contributed by atoms with E-state index in [0.717, 1.165) is 5.56 Å². The average Bonchev–Trinajstić information content (AvgIpc) is 2.78. The molecular weight excluding hydrogens is 428 g/mol. The van der Waals surface area contributed by atoms with Crippen LogP contribution in [0.15, 0.2) is 53.4 Å². The van der Waals surface area contributed by atoms with Crippen LogP contribution in [-0.2, 0) is 20.2 Å². The molecule has 2 aromatic carbocycles. The van der Waals surface area contributed by atoms with Gasteiger partial charge in [-0.05, 0) is 42.2 Å². The van der Waals surface area contributed by atoms with Crippen LogP contribution in [0.2, 0.25) is 0 Å². The van der Waals surface area contributed by atoms with E-state index in [9.17, 15) is 18.0 Å². The zero-order valence-electron chi connectivity index (χ0n) is 19.0. The van der Waals surface area contributed by atoms with Crippen LogP contribution in [0.1, 0.15) is 43.6 Å². The summed E-state index contributed by atoms with van der Waals surface area (Å²) in [4.78, 5) is 27.0. The number of nitrogens with zero attached hydrogens (tertiary/aromatic N) is 2. The molecule has 172 valence electrons. The molecule has 0 aliphatic carbocycles. The summed E-state index contributed by atoms with van der Waals surface area (Å²) in [6, 6.07) is 13.4. The minimum absolute atomic E-state index is 0.0449. The lowest BCUT2D eigenvalue weighted by Gasteiger charge is -2.33. The molecule has 0 unspecified atom stereocenters. The molecule has 2 aromatic rings. The van der Waals surface area contributed by atoms with E-state index in [1.807, 2.05) is 19.1 Å². The van der Waals surface area contributed by atoms with Gasteiger partial charge in [-0.1, -0.05) is 45.0 Å². The molecule has 0 bridgehead atoms. The number of piperazine rings is 1. The Labute approximate surface area is 190 Å². The molecule has 1 saturated heterocycles. The first-order valence-corrected chi connectivity index (χ1v) is 12.1. The van der Waals surface area contributed by atoms with Crippen LogP contribution >= 0.6 is 0 Å². The number of sulfonamides is 1. The van der Waals surface area contributed by atoms with Gasteiger partial charge in [-0.25, -0.2) is 8.42 Å². The quantitative estimate of drug-likeness (QED) is 0.491. The molecule has 1 aliphatic heterocycles. The summed E-state index contributed by atoms with van der Waals surface area (Å²) in [6.45, 7) is 9.21. The molecule has 0 saturated carbocycles. The number of amides is 1. The number of ketones is 1. The van der Waals surface area contributed by atoms with Gasteiger partial charge < -0.3 is 9.64 Å². The first kappa shape index (κ1) is 23.9. The summed E-state index contributed by atoms with van der Waals surface area (Å²) in [7, 11) is -3.68. The molecule has 1 amide bonds. The Kier molecular flexibility index (Phi) is 7.05. The summed E-state index contributed by atoms with van der Waals surface area (Å²) >= 11 is 0. The largest absolute Gasteiger partial charge is 0.494 e. The highest BCUT2D eigenvalue weighted by Gasteiger charge is 2.32. The lowest BCUT2D eigenvalue weighted by atomic mass is 9.86. The summed E-state index contributed by atoms with van der Waals surface area (Å²) in [5.41, 5.74) is 1.37. The maximum absolute atomic E-state index is 12.9. The number of ether oxygens (including phenoxy) is 1. The highest BCUT2D eigenvalue weighted by Crippen LogP contribution is 2.23. The maximum Gasteiger partial charge on any atom is 0.295 e. The first-order valence-electron chi connectivity index (χ1n) is 10.7. The average molecular weight is 459 g/mol. The third-order valence-electron chi connectivity index (χ3n) is 5.51. The van der Waals surface area contributed by atoms with Crippen LogP contribution < -0.4 is 4.74 Å². The minimum Gasteiger partial charge on any atom is -0.494 e. The van der Waals surface area contributed by atoms with Crippen molar-refractivity contribution in [3.8, 4) is 5.75 Å². The SMILES string of the molecule is CCOc1ccc(S(=O)(=O)N2CCN(C(=O)C(=O)c3ccc(C(C)(C)C)cc3)CC2)cc1. The van der Waals surface area contributed by atoms with Crippen molar-refractivity contribution in [2.24, 2.45) is 0 Å². The molecule has 8 heteroatoms. The van der Waals surface area contributed by atoms with Crippen LogP contribution in [0, 0.1) is 0 Å². The van der Waals surface area contributed by atoms with Crippen molar-refractivity contribution in [2.75, 3.05) is 32.8 Å². The molecule has 3 rings (SSSR count). The van der Waals surface area contributed by atoms with Crippen molar-refractivity contribution in [1.82, 2.24) is 9.21 Å². The number of carbonyl (C=O) groups is 2. The minimum atomic E-state index is -3.68. The Morgan fingerprint density at radius 1 is 0.906 bits per heavy atom. The van der Waals surface area contributed by atoms with Gasteiger partial charge in [0, 0.05) is 31.7 Å². The topological polar surface area (TPSA) is 84.0 Å². The van der Waals surface area contributed by atoms with Crippen molar-refractivity contribution in [2.45, 2.75) is 38.0 Å². The highest BCUT2D eigenvalue weighted by molar-refractivity contribution is 7.89. The van der Waals surface area contributed by atoms with E-state index in [1.54, 1.807) is 24.3 Å². The molecule has 0 N–H and O–H groups in total. The fourth-order valence-corrected chi connectivity index (χ4v) is 4.97. The smallest absolute Gasteiger partial charge is 0.295 e. The predicted octanol–water partition coefficient (Wildman–Crippen LogP) is 3.10. The number of Topliss-reactive ketones (excluding diaryl/α,β-unsaturated/α-hetero) is 1. The molecule has 7 nitrogen and oxygen atoms in total. The normalized spacial score (nSPS) is 15.4. The Morgan fingerprint density at radius 2 is 1.47 bits per heavy atom. The van der Waals surface area contributed by atoms with Gasteiger partial charge in [0.2, 0.25) is 15.8 Å². The van der Waals surface area contributed by atoms with Crippen molar-refractivity contribution in [3.05, 3.63) is 59.7 Å². The number of benzene rings is 2. The standard InChI is InChI=1S/C24H30N2O5S/c1-5-31-20-10-12-21(13-11-20)32(29,30)26-16-14-25(15-17-26)23(28)22(27)18-6-8-19(9-7-18)24(2,3)4/h6-13H,5,14-17H2,1-4H3. The third kappa shape index (κ3) is 5.19. The summed E-state index contributed by atoms with van der Waals surface area (Å²) in [6.07, 6.45) is 0. The lowest BCUT2D eigenvalue weighted by molar-refractivity contribution is -0.127. The van der Waals surface area contributed by atoms with Crippen molar-refractivity contribution in [3.63, 3.8) is 0 Å². The highest BCUT2D eigenvalue weighted by atomic mass is 32.2. The zero-order chi connectivity index (χ0) is 23.5. The predicted molar refractivity (Wildman–Crippen MR) is 122 cm³/mol. The summed E-state index contributed by atoms with van der Waals surface area (Å²) in [5.74, 6) is -0.573. The first-order chi connectivity index (χ1) is 15.0. The van der Waals surface area contributed by atoms with Gasteiger partial charge in [-0.2, -0.15) is 4.31 Å². The maximum atomic E-state index is 12.9. The fraction of sp³-hybridized carbons (Fsp3) is 0.417. The lowest BCUT2D eigenvalue weighted by Crippen LogP contribution is -2.52. The van der Waals surface area contributed by atoms with Gasteiger partial charge in [0.15, 0.2) is 0 Å². The molecular formula is C24H30N2O5S. The van der Waals surface area contributed by atoms with Gasteiger partial charge in [-0.15, -0.1) is 0 Å². The second-order valence-electron chi connectivity index (χ2n) is 8.76. The molecule has 0 atom stereocenters. The van der Waals surface area contributed by atoms with Crippen molar-refractivity contribution >= 4 is 21.7 Å². The van der Waals surface area contributed by atoms with Crippen LogP contribution in [0.5, 0.6) is 5.75 Å². The van der Waals surface area contributed by atoms with Gasteiger partial charge in [0.05, 0.1) is 11.5 Å². The van der Waals surface area contributed by atoms with Gasteiger partial charge >= 0.3 is 0 Å². The van der Waals surface area contributed by atoms with E-state index >= 15 is 0 Å². The fourth-order valence-electron chi connectivity index (χ4n) is 3.54. The Bertz CT molecular complexity index is 1060. The van der Waals surface area contributed by atoms with Crippen LogP contribution in [0.25, 0.3) is 0 Å². The third-order valence-corrected chi connectivity index (χ3v) is 7.42. The van der Waals surface area contributed by atoms with Gasteiger partial charge in [0.25, 0.3) is 5.91 Å². The van der Waals surface area contributed by atoms with E-state index in [4.69, 9.17) is 4.74 Å². The molecule has 1 fully saturated rings. The van der Waals surface area contributed by atoms with Crippen LogP contribution in [0.3, 0.4) is 0 Å². The van der Waals surface area contributed by atoms with Crippen molar-refractivity contribution in [1.29, 1.82) is 0 Å². The molecule has 32 heavy (non-hydrogen) atoms. The summed E-state index contributed by atoms with van der Waals surface area (Å²) < 4.78 is 32.5. The van der Waals surface area contributed by atoms with E-state index in [0.29, 0.717) is 17.9 Å². The van der Waals surface area contributed by atoms with Gasteiger partial charge in [-0.3, -0.25) is 9.59 Å². The van der Waals surface area contributed by atoms with E-state index in [1.165, 1.54) is 21.3 Å². The van der Waals surface area contributed by atoms with Crippen molar-refractivity contribution < 1.29 is 22.7 Å². The number of hydrogen-bond acceptors (Lipinski definition) is 5. The second kappa shape index (κ2) is 9.42. The molecule has 1 aliphatic rings. The zero-order valence-corrected chi connectivity index (χ0v) is 19.8. The van der Waals surface area contributed by atoms with E-state index in [-0.39, 0.29) is 36.5 Å². The molecule has 0 radical (unpaired) electrons. The monoisotopic (exact) mass is 458 g/mol. The number of rotatable bonds is 6. The Hall–Kier alpha value is -2.71. The van der Waals surface area contributed by atoms with Crippen LogP contribution in [-0.4, -0.2) is 62.1 Å². The number of hydrogen-bond donors (Lipinski definition) is 0. The second-order valence-corrected chi connectivity index (χ2v) is 10.7. The summed E-state index contributed by atoms with van der Waals surface area (Å²) in [5, 5.41) is 0. The van der Waals surface area contributed by atoms with E-state index < -0.39 is 21.7 Å². The number of carbonyl (C=O) groups excluding carboxylic acids is 2. The van der Waals surface area contributed by atoms with Gasteiger partial charge in [0.1, 0.15) is 5.75 Å². The Balaban J connectivity index is 1.63. The Morgan fingerprint density at radius 3 is 1.97 bits per heavy atom. The molecule has 0 aromatic heterocycles.